The molecule has 1 aliphatic heterocycles. The number of benzene rings is 1. The van der Waals surface area contributed by atoms with E-state index in [9.17, 15) is 4.79 Å². The predicted octanol–water partition coefficient (Wildman–Crippen LogP) is 2.24. The number of amides is 2. The summed E-state index contributed by atoms with van der Waals surface area (Å²) in [6.07, 6.45) is 4.87. The normalized spacial score (nSPS) is 17.0. The Morgan fingerprint density at radius 1 is 1.32 bits per heavy atom. The van der Waals surface area contributed by atoms with E-state index in [1.807, 2.05) is 24.3 Å². The average Bonchev–Trinajstić information content (AvgIpc) is 2.67. The Morgan fingerprint density at radius 3 is 2.88 bits per heavy atom. The number of methoxy groups -OCH3 is 1. The number of hydrogen-bond acceptors (Lipinski definition) is 5. The molecule has 2 amide bonds. The van der Waals surface area contributed by atoms with Crippen LogP contribution in [0.5, 0.6) is 11.6 Å². The summed E-state index contributed by atoms with van der Waals surface area (Å²) in [5.41, 5.74) is 1.03. The monoisotopic (exact) mass is 342 g/mol. The van der Waals surface area contributed by atoms with Crippen LogP contribution in [-0.2, 0) is 6.54 Å². The van der Waals surface area contributed by atoms with Gasteiger partial charge in [0, 0.05) is 25.4 Å². The molecular formula is C18H22N4O3. The van der Waals surface area contributed by atoms with Crippen molar-refractivity contribution in [2.75, 3.05) is 20.2 Å². The van der Waals surface area contributed by atoms with Gasteiger partial charge >= 0.3 is 6.03 Å². The summed E-state index contributed by atoms with van der Waals surface area (Å²) in [5.74, 6) is 1.34. The van der Waals surface area contributed by atoms with Crippen molar-refractivity contribution in [3.8, 4) is 11.6 Å². The van der Waals surface area contributed by atoms with Crippen LogP contribution in [0.1, 0.15) is 18.4 Å². The van der Waals surface area contributed by atoms with Crippen LogP contribution in [0.3, 0.4) is 0 Å². The second-order valence-electron chi connectivity index (χ2n) is 5.88. The van der Waals surface area contributed by atoms with E-state index in [0.29, 0.717) is 19.0 Å². The Morgan fingerprint density at radius 2 is 2.16 bits per heavy atom. The summed E-state index contributed by atoms with van der Waals surface area (Å²) in [6, 6.07) is 9.30. The van der Waals surface area contributed by atoms with Crippen LogP contribution in [0, 0.1) is 0 Å². The first-order chi connectivity index (χ1) is 12.2. The summed E-state index contributed by atoms with van der Waals surface area (Å²) in [7, 11) is 1.63. The van der Waals surface area contributed by atoms with Crippen LogP contribution in [0.25, 0.3) is 0 Å². The van der Waals surface area contributed by atoms with Crippen molar-refractivity contribution in [3.63, 3.8) is 0 Å². The number of carbonyl (C=O) groups is 1. The van der Waals surface area contributed by atoms with E-state index in [2.05, 4.69) is 15.3 Å². The van der Waals surface area contributed by atoms with Crippen LogP contribution in [0.2, 0.25) is 0 Å². The zero-order chi connectivity index (χ0) is 17.5. The fraction of sp³-hybridized carbons (Fsp3) is 0.389. The number of piperidine rings is 1. The van der Waals surface area contributed by atoms with Crippen LogP contribution >= 0.6 is 0 Å². The summed E-state index contributed by atoms with van der Waals surface area (Å²) < 4.78 is 11.0. The minimum atomic E-state index is -0.0770. The molecule has 1 N–H and O–H groups in total. The average molecular weight is 342 g/mol. The van der Waals surface area contributed by atoms with Crippen LogP contribution in [-0.4, -0.2) is 47.2 Å². The molecule has 7 heteroatoms. The molecule has 0 bridgehead atoms. The molecule has 0 saturated carbocycles. The SMILES string of the molecule is COc1ccc(CNC(=O)N2CCC[C@H](Oc3ccncn3)C2)cc1. The maximum Gasteiger partial charge on any atom is 0.317 e. The highest BCUT2D eigenvalue weighted by atomic mass is 16.5. The van der Waals surface area contributed by atoms with Gasteiger partial charge in [0.1, 0.15) is 18.2 Å². The highest BCUT2D eigenvalue weighted by Crippen LogP contribution is 2.16. The van der Waals surface area contributed by atoms with Crippen LogP contribution < -0.4 is 14.8 Å². The van der Waals surface area contributed by atoms with E-state index in [4.69, 9.17) is 9.47 Å². The molecule has 0 unspecified atom stereocenters. The predicted molar refractivity (Wildman–Crippen MR) is 92.5 cm³/mol. The van der Waals surface area contributed by atoms with E-state index in [1.54, 1.807) is 24.3 Å². The third-order valence-electron chi connectivity index (χ3n) is 4.11. The van der Waals surface area contributed by atoms with Crippen molar-refractivity contribution in [2.45, 2.75) is 25.5 Å². The van der Waals surface area contributed by atoms with E-state index >= 15 is 0 Å². The molecule has 0 radical (unpaired) electrons. The van der Waals surface area contributed by atoms with Gasteiger partial charge in [0.05, 0.1) is 13.7 Å². The summed E-state index contributed by atoms with van der Waals surface area (Å²) in [5, 5.41) is 2.96. The second-order valence-corrected chi connectivity index (χ2v) is 5.88. The van der Waals surface area contributed by atoms with Gasteiger partial charge in [-0.3, -0.25) is 0 Å². The minimum Gasteiger partial charge on any atom is -0.497 e. The molecule has 1 aliphatic rings. The first-order valence-corrected chi connectivity index (χ1v) is 8.33. The summed E-state index contributed by atoms with van der Waals surface area (Å²) in [4.78, 5) is 22.1. The molecule has 7 nitrogen and oxygen atoms in total. The van der Waals surface area contributed by atoms with Gasteiger partial charge in [-0.25, -0.2) is 14.8 Å². The molecular weight excluding hydrogens is 320 g/mol. The number of nitrogens with zero attached hydrogens (tertiary/aromatic N) is 3. The number of likely N-dealkylation sites (tertiary alicyclic amines) is 1. The highest BCUT2D eigenvalue weighted by molar-refractivity contribution is 5.74. The van der Waals surface area contributed by atoms with Gasteiger partial charge in [-0.1, -0.05) is 12.1 Å². The first kappa shape index (κ1) is 17.0. The number of ether oxygens (including phenoxy) is 2. The van der Waals surface area contributed by atoms with E-state index in [-0.39, 0.29) is 12.1 Å². The Labute approximate surface area is 147 Å². The number of hydrogen-bond donors (Lipinski definition) is 1. The topological polar surface area (TPSA) is 76.6 Å². The van der Waals surface area contributed by atoms with Crippen molar-refractivity contribution in [1.29, 1.82) is 0 Å². The molecule has 132 valence electrons. The third kappa shape index (κ3) is 4.82. The Hall–Kier alpha value is -2.83. The van der Waals surface area contributed by atoms with Gasteiger partial charge in [0.25, 0.3) is 0 Å². The smallest absolute Gasteiger partial charge is 0.317 e. The molecule has 1 saturated heterocycles. The van der Waals surface area contributed by atoms with Crippen molar-refractivity contribution in [1.82, 2.24) is 20.2 Å². The van der Waals surface area contributed by atoms with Gasteiger partial charge in [0.2, 0.25) is 5.88 Å². The zero-order valence-corrected chi connectivity index (χ0v) is 14.2. The van der Waals surface area contributed by atoms with Crippen molar-refractivity contribution in [2.24, 2.45) is 0 Å². The molecule has 1 fully saturated rings. The van der Waals surface area contributed by atoms with Crippen molar-refractivity contribution < 1.29 is 14.3 Å². The van der Waals surface area contributed by atoms with E-state index in [1.165, 1.54) is 6.33 Å². The minimum absolute atomic E-state index is 0.0459. The van der Waals surface area contributed by atoms with Gasteiger partial charge in [-0.15, -0.1) is 0 Å². The fourth-order valence-electron chi connectivity index (χ4n) is 2.77. The van der Waals surface area contributed by atoms with Gasteiger partial charge in [0.15, 0.2) is 0 Å². The summed E-state index contributed by atoms with van der Waals surface area (Å²) >= 11 is 0. The summed E-state index contributed by atoms with van der Waals surface area (Å²) in [6.45, 7) is 1.77. The highest BCUT2D eigenvalue weighted by Gasteiger charge is 2.25. The molecule has 0 spiro atoms. The van der Waals surface area contributed by atoms with Crippen molar-refractivity contribution >= 4 is 6.03 Å². The van der Waals surface area contributed by atoms with E-state index in [0.717, 1.165) is 30.7 Å². The Balaban J connectivity index is 1.49. The zero-order valence-electron chi connectivity index (χ0n) is 14.2. The first-order valence-electron chi connectivity index (χ1n) is 8.33. The molecule has 1 atom stereocenters. The lowest BCUT2D eigenvalue weighted by Gasteiger charge is -2.32. The number of rotatable bonds is 5. The molecule has 1 aromatic carbocycles. The molecule has 2 heterocycles. The maximum atomic E-state index is 12.4. The molecule has 0 aliphatic carbocycles. The Kier molecular flexibility index (Phi) is 5.66. The number of carbonyl (C=O) groups excluding carboxylic acids is 1. The van der Waals surface area contributed by atoms with Gasteiger partial charge < -0.3 is 19.7 Å². The second kappa shape index (κ2) is 8.32. The quantitative estimate of drug-likeness (QED) is 0.902. The van der Waals surface area contributed by atoms with Gasteiger partial charge in [-0.05, 0) is 30.5 Å². The number of aromatic nitrogens is 2. The van der Waals surface area contributed by atoms with E-state index < -0.39 is 0 Å². The number of nitrogens with one attached hydrogen (secondary N) is 1. The molecule has 2 aromatic rings. The van der Waals surface area contributed by atoms with Crippen LogP contribution in [0.15, 0.2) is 42.9 Å². The molecule has 25 heavy (non-hydrogen) atoms. The van der Waals surface area contributed by atoms with Gasteiger partial charge in [-0.2, -0.15) is 0 Å². The number of urea groups is 1. The molecule has 1 aromatic heterocycles. The largest absolute Gasteiger partial charge is 0.497 e. The Bertz CT molecular complexity index is 678. The van der Waals surface area contributed by atoms with Crippen LogP contribution in [0.4, 0.5) is 4.79 Å². The lowest BCUT2D eigenvalue weighted by atomic mass is 10.1. The molecule has 3 rings (SSSR count). The standard InChI is InChI=1S/C18H22N4O3/c1-24-15-6-4-14(5-7-15)11-20-18(23)22-10-2-3-16(12-22)25-17-8-9-19-13-21-17/h4-9,13,16H,2-3,10-12H2,1H3,(H,20,23)/t16-/m0/s1. The lowest BCUT2D eigenvalue weighted by molar-refractivity contribution is 0.0976. The maximum absolute atomic E-state index is 12.4. The lowest BCUT2D eigenvalue weighted by Crippen LogP contribution is -2.48. The van der Waals surface area contributed by atoms with Crippen molar-refractivity contribution in [3.05, 3.63) is 48.4 Å². The third-order valence-corrected chi connectivity index (χ3v) is 4.11. The fourth-order valence-corrected chi connectivity index (χ4v) is 2.77.